The summed E-state index contributed by atoms with van der Waals surface area (Å²) in [5.41, 5.74) is 9.51. The second-order valence-corrected chi connectivity index (χ2v) is 6.22. The summed E-state index contributed by atoms with van der Waals surface area (Å²) in [5, 5.41) is 0. The maximum atomic E-state index is 5.98. The number of fused-ring (bicyclic) bond motifs is 1. The molecule has 1 aliphatic heterocycles. The summed E-state index contributed by atoms with van der Waals surface area (Å²) in [6, 6.07) is 6.53. The van der Waals surface area contributed by atoms with Gasteiger partial charge in [-0.2, -0.15) is 0 Å². The Morgan fingerprint density at radius 1 is 1.42 bits per heavy atom. The summed E-state index contributed by atoms with van der Waals surface area (Å²) in [7, 11) is 2.01. The molecular formula is C15H21N3O. The van der Waals surface area contributed by atoms with E-state index in [4.69, 9.17) is 10.5 Å². The van der Waals surface area contributed by atoms with Gasteiger partial charge in [0.1, 0.15) is 0 Å². The molecule has 1 saturated heterocycles. The van der Waals surface area contributed by atoms with Crippen molar-refractivity contribution in [1.29, 1.82) is 0 Å². The average Bonchev–Trinajstić information content (AvgIpc) is 2.69. The Morgan fingerprint density at radius 2 is 2.16 bits per heavy atom. The van der Waals surface area contributed by atoms with Crippen molar-refractivity contribution >= 4 is 11.0 Å². The predicted molar refractivity (Wildman–Crippen MR) is 76.0 cm³/mol. The van der Waals surface area contributed by atoms with E-state index >= 15 is 0 Å². The molecule has 0 amide bonds. The lowest BCUT2D eigenvalue weighted by molar-refractivity contribution is -0.116. The highest BCUT2D eigenvalue weighted by atomic mass is 16.5. The van der Waals surface area contributed by atoms with Crippen molar-refractivity contribution in [3.05, 3.63) is 30.1 Å². The van der Waals surface area contributed by atoms with E-state index in [-0.39, 0.29) is 10.8 Å². The van der Waals surface area contributed by atoms with Crippen LogP contribution in [-0.2, 0) is 17.2 Å². The number of benzene rings is 1. The van der Waals surface area contributed by atoms with E-state index in [1.54, 1.807) is 0 Å². The summed E-state index contributed by atoms with van der Waals surface area (Å²) in [4.78, 5) is 4.45. The predicted octanol–water partition coefficient (Wildman–Crippen LogP) is 1.83. The lowest BCUT2D eigenvalue weighted by Crippen LogP contribution is -2.59. The number of aryl methyl sites for hydroxylation is 1. The maximum absolute atomic E-state index is 5.98. The highest BCUT2D eigenvalue weighted by Crippen LogP contribution is 2.47. The van der Waals surface area contributed by atoms with Gasteiger partial charge < -0.3 is 15.0 Å². The van der Waals surface area contributed by atoms with Crippen molar-refractivity contribution in [1.82, 2.24) is 9.55 Å². The molecule has 4 heteroatoms. The van der Waals surface area contributed by atoms with Gasteiger partial charge in [0.2, 0.25) is 0 Å². The van der Waals surface area contributed by atoms with E-state index in [0.717, 1.165) is 24.2 Å². The van der Waals surface area contributed by atoms with Crippen LogP contribution in [0.5, 0.6) is 0 Å². The molecule has 19 heavy (non-hydrogen) atoms. The number of nitrogens with zero attached hydrogens (tertiary/aromatic N) is 2. The van der Waals surface area contributed by atoms with Crippen LogP contribution in [0.3, 0.4) is 0 Å². The minimum Gasteiger partial charge on any atom is -0.379 e. The third kappa shape index (κ3) is 1.63. The highest BCUT2D eigenvalue weighted by molar-refractivity contribution is 5.76. The monoisotopic (exact) mass is 259 g/mol. The Bertz CT molecular complexity index is 611. The zero-order valence-electron chi connectivity index (χ0n) is 11.8. The number of aromatic nitrogens is 2. The highest BCUT2D eigenvalue weighted by Gasteiger charge is 2.51. The van der Waals surface area contributed by atoms with E-state index in [2.05, 4.69) is 37.0 Å². The number of hydrogen-bond donors (Lipinski definition) is 1. The van der Waals surface area contributed by atoms with Gasteiger partial charge in [0.05, 0.1) is 30.6 Å². The molecule has 0 aliphatic carbocycles. The summed E-state index contributed by atoms with van der Waals surface area (Å²) in [6.45, 7) is 6.58. The van der Waals surface area contributed by atoms with Crippen LogP contribution in [0.25, 0.3) is 11.0 Å². The fourth-order valence-electron chi connectivity index (χ4n) is 2.88. The number of imidazole rings is 1. The fraction of sp³-hybridized carbons (Fsp3) is 0.533. The number of rotatable bonds is 3. The minimum absolute atomic E-state index is 0.0213. The molecule has 1 fully saturated rings. The smallest absolute Gasteiger partial charge is 0.0955 e. The molecule has 2 heterocycles. The Balaban J connectivity index is 2.12. The van der Waals surface area contributed by atoms with Gasteiger partial charge in [-0.3, -0.25) is 0 Å². The summed E-state index contributed by atoms with van der Waals surface area (Å²) >= 11 is 0. The molecule has 0 radical (unpaired) electrons. The Morgan fingerprint density at radius 3 is 2.74 bits per heavy atom. The Hall–Kier alpha value is -1.39. The van der Waals surface area contributed by atoms with Gasteiger partial charge in [-0.05, 0) is 29.7 Å². The van der Waals surface area contributed by atoms with Crippen molar-refractivity contribution in [2.24, 2.45) is 18.2 Å². The first kappa shape index (κ1) is 12.6. The summed E-state index contributed by atoms with van der Waals surface area (Å²) in [6.07, 6.45) is 1.85. The third-order valence-corrected chi connectivity index (χ3v) is 4.78. The van der Waals surface area contributed by atoms with Crippen LogP contribution in [0.2, 0.25) is 0 Å². The largest absolute Gasteiger partial charge is 0.379 e. The quantitative estimate of drug-likeness (QED) is 0.915. The normalized spacial score (nSPS) is 18.5. The van der Waals surface area contributed by atoms with E-state index in [1.165, 1.54) is 5.56 Å². The first-order valence-corrected chi connectivity index (χ1v) is 6.70. The van der Waals surface area contributed by atoms with Gasteiger partial charge >= 0.3 is 0 Å². The van der Waals surface area contributed by atoms with Gasteiger partial charge in [0.25, 0.3) is 0 Å². The molecule has 3 rings (SSSR count). The lowest BCUT2D eigenvalue weighted by atomic mass is 9.60. The first-order valence-electron chi connectivity index (χ1n) is 6.70. The Labute approximate surface area is 113 Å². The zero-order chi connectivity index (χ0) is 13.7. The van der Waals surface area contributed by atoms with Gasteiger partial charge in [-0.1, -0.05) is 19.9 Å². The van der Waals surface area contributed by atoms with Gasteiger partial charge in [0.15, 0.2) is 0 Å². The molecule has 0 atom stereocenters. The van der Waals surface area contributed by atoms with Gasteiger partial charge in [-0.25, -0.2) is 4.98 Å². The van der Waals surface area contributed by atoms with Crippen LogP contribution in [0, 0.1) is 5.41 Å². The van der Waals surface area contributed by atoms with Crippen molar-refractivity contribution in [3.63, 3.8) is 0 Å². The van der Waals surface area contributed by atoms with E-state index in [9.17, 15) is 0 Å². The Kier molecular flexibility index (Phi) is 2.69. The number of hydrogen-bond acceptors (Lipinski definition) is 3. The minimum atomic E-state index is 0.0213. The summed E-state index contributed by atoms with van der Waals surface area (Å²) in [5.74, 6) is 0. The van der Waals surface area contributed by atoms with Gasteiger partial charge in [-0.15, -0.1) is 0 Å². The molecule has 1 aromatic carbocycles. The molecule has 4 nitrogen and oxygen atoms in total. The van der Waals surface area contributed by atoms with E-state index in [1.807, 2.05) is 17.9 Å². The molecule has 102 valence electrons. The first-order chi connectivity index (χ1) is 9.00. The van der Waals surface area contributed by atoms with Gasteiger partial charge in [0, 0.05) is 12.5 Å². The van der Waals surface area contributed by atoms with Crippen molar-refractivity contribution in [2.45, 2.75) is 19.3 Å². The fourth-order valence-corrected chi connectivity index (χ4v) is 2.88. The topological polar surface area (TPSA) is 53.1 Å². The van der Waals surface area contributed by atoms with Crippen LogP contribution in [0.4, 0.5) is 0 Å². The van der Waals surface area contributed by atoms with E-state index in [0.29, 0.717) is 6.54 Å². The lowest BCUT2D eigenvalue weighted by Gasteiger charge is -2.52. The summed E-state index contributed by atoms with van der Waals surface area (Å²) < 4.78 is 7.56. The molecule has 1 aromatic heterocycles. The molecule has 1 aliphatic rings. The second kappa shape index (κ2) is 4.05. The molecule has 0 saturated carbocycles. The second-order valence-electron chi connectivity index (χ2n) is 6.22. The average molecular weight is 259 g/mol. The molecule has 2 aromatic rings. The van der Waals surface area contributed by atoms with Crippen LogP contribution >= 0.6 is 0 Å². The number of ether oxygens (including phenoxy) is 1. The van der Waals surface area contributed by atoms with Crippen LogP contribution in [0.15, 0.2) is 24.5 Å². The van der Waals surface area contributed by atoms with Crippen molar-refractivity contribution < 1.29 is 4.74 Å². The van der Waals surface area contributed by atoms with E-state index < -0.39 is 0 Å². The molecule has 0 unspecified atom stereocenters. The molecule has 0 bridgehead atoms. The van der Waals surface area contributed by atoms with Crippen molar-refractivity contribution in [3.8, 4) is 0 Å². The molecule has 0 spiro atoms. The zero-order valence-corrected chi connectivity index (χ0v) is 11.8. The standard InChI is InChI=1S/C15H21N3O/c1-14(2,7-16)15(8-19-9-15)11-4-5-13-12(6-11)17-10-18(13)3/h4-6,10H,7-9,16H2,1-3H3. The van der Waals surface area contributed by atoms with Crippen LogP contribution in [-0.4, -0.2) is 29.3 Å². The third-order valence-electron chi connectivity index (χ3n) is 4.78. The molecular weight excluding hydrogens is 238 g/mol. The van der Waals surface area contributed by atoms with Crippen LogP contribution in [0.1, 0.15) is 19.4 Å². The number of nitrogens with two attached hydrogens (primary N) is 1. The van der Waals surface area contributed by atoms with Crippen LogP contribution < -0.4 is 5.73 Å². The maximum Gasteiger partial charge on any atom is 0.0955 e. The SMILES string of the molecule is Cn1cnc2cc(C3(C(C)(C)CN)COC3)ccc21. The van der Waals surface area contributed by atoms with Crippen molar-refractivity contribution in [2.75, 3.05) is 19.8 Å². The molecule has 2 N–H and O–H groups in total.